The van der Waals surface area contributed by atoms with Crippen molar-refractivity contribution < 1.29 is 14.3 Å². The van der Waals surface area contributed by atoms with Crippen LogP contribution in [0.5, 0.6) is 0 Å². The summed E-state index contributed by atoms with van der Waals surface area (Å²) in [5.74, 6) is -0.321. The number of amides is 1. The third-order valence-electron chi connectivity index (χ3n) is 7.18. The van der Waals surface area contributed by atoms with Crippen molar-refractivity contribution in [2.24, 2.45) is 11.7 Å². The van der Waals surface area contributed by atoms with E-state index >= 15 is 0 Å². The first-order chi connectivity index (χ1) is 17.3. The van der Waals surface area contributed by atoms with Crippen LogP contribution in [-0.2, 0) is 4.79 Å². The molecule has 2 atom stereocenters. The fraction of sp³-hybridized carbons (Fsp3) is 0.500. The van der Waals surface area contributed by atoms with Crippen molar-refractivity contribution in [2.45, 2.75) is 69.6 Å². The summed E-state index contributed by atoms with van der Waals surface area (Å²) in [6, 6.07) is 2.46. The number of hydrogen-bond acceptors (Lipinski definition) is 7. The Morgan fingerprint density at radius 1 is 1.11 bits per heavy atom. The molecule has 0 saturated heterocycles. The summed E-state index contributed by atoms with van der Waals surface area (Å²) >= 11 is 12.2. The number of aliphatic hydroxyl groups excluding tert-OH is 1. The molecule has 12 heteroatoms. The number of nitrogens with zero attached hydrogens (tertiary/aromatic N) is 4. The van der Waals surface area contributed by atoms with Gasteiger partial charge in [0.15, 0.2) is 5.65 Å². The first kappa shape index (κ1) is 25.0. The van der Waals surface area contributed by atoms with E-state index in [2.05, 4.69) is 20.6 Å². The van der Waals surface area contributed by atoms with E-state index in [0.717, 1.165) is 25.7 Å². The normalized spacial score (nSPS) is 24.6. The van der Waals surface area contributed by atoms with Gasteiger partial charge >= 0.3 is 0 Å². The summed E-state index contributed by atoms with van der Waals surface area (Å²) in [6.07, 6.45) is 7.38. The molecule has 2 heterocycles. The second-order valence-corrected chi connectivity index (χ2v) is 10.4. The third kappa shape index (κ3) is 5.07. The smallest absolute Gasteiger partial charge is 0.225 e. The Morgan fingerprint density at radius 2 is 1.86 bits per heavy atom. The minimum atomic E-state index is -0.608. The number of aromatic nitrogens is 4. The van der Waals surface area contributed by atoms with E-state index in [9.17, 15) is 14.3 Å². The van der Waals surface area contributed by atoms with Gasteiger partial charge in [-0.1, -0.05) is 36.0 Å². The van der Waals surface area contributed by atoms with Gasteiger partial charge in [0, 0.05) is 17.0 Å². The molecule has 2 aliphatic rings. The third-order valence-corrected chi connectivity index (χ3v) is 7.70. The van der Waals surface area contributed by atoms with E-state index in [4.69, 9.17) is 33.9 Å². The minimum absolute atomic E-state index is 0.0507. The Bertz CT molecular complexity index is 1260. The van der Waals surface area contributed by atoms with E-state index in [1.54, 1.807) is 6.20 Å². The van der Waals surface area contributed by atoms with E-state index in [1.807, 2.05) is 4.57 Å². The van der Waals surface area contributed by atoms with E-state index in [0.29, 0.717) is 48.7 Å². The maximum absolute atomic E-state index is 14.7. The number of imidazole rings is 1. The monoisotopic (exact) mass is 535 g/mol. The molecule has 0 spiro atoms. The maximum atomic E-state index is 14.7. The highest BCUT2D eigenvalue weighted by molar-refractivity contribution is 6.36. The zero-order chi connectivity index (χ0) is 25.4. The van der Waals surface area contributed by atoms with Gasteiger partial charge < -0.3 is 21.5 Å². The van der Waals surface area contributed by atoms with Crippen molar-refractivity contribution >= 4 is 57.9 Å². The zero-order valence-corrected chi connectivity index (χ0v) is 21.1. The summed E-state index contributed by atoms with van der Waals surface area (Å²) in [7, 11) is 0. The number of nitrogens with one attached hydrogen (secondary N) is 2. The lowest BCUT2D eigenvalue weighted by Crippen LogP contribution is -2.36. The van der Waals surface area contributed by atoms with Crippen molar-refractivity contribution in [3.8, 4) is 0 Å². The number of carbonyl (C=O) groups excluding carboxylic acids is 1. The molecule has 192 valence electrons. The van der Waals surface area contributed by atoms with Crippen LogP contribution in [0.15, 0.2) is 18.3 Å². The molecule has 3 aromatic rings. The fourth-order valence-corrected chi connectivity index (χ4v) is 5.75. The van der Waals surface area contributed by atoms with Gasteiger partial charge in [-0.05, 0) is 50.7 Å². The molecule has 0 radical (unpaired) electrons. The van der Waals surface area contributed by atoms with Gasteiger partial charge in [0.1, 0.15) is 11.3 Å². The number of primary amides is 1. The number of rotatable bonds is 6. The molecule has 2 aliphatic carbocycles. The molecular weight excluding hydrogens is 508 g/mol. The SMILES string of the molecule is NC(=O)C1CCC(n2c(Nc3c(F)cc(Cl)cc3Cl)nc3cnc(N[C@H]4CCCC[C@H]4O)nc32)CC1. The van der Waals surface area contributed by atoms with Crippen LogP contribution in [0.1, 0.15) is 57.4 Å². The Morgan fingerprint density at radius 3 is 2.56 bits per heavy atom. The van der Waals surface area contributed by atoms with Crippen molar-refractivity contribution in [1.29, 1.82) is 0 Å². The Labute approximate surface area is 217 Å². The number of carbonyl (C=O) groups is 1. The molecule has 9 nitrogen and oxygen atoms in total. The van der Waals surface area contributed by atoms with Crippen LogP contribution in [0.2, 0.25) is 10.0 Å². The highest BCUT2D eigenvalue weighted by Crippen LogP contribution is 2.38. The largest absolute Gasteiger partial charge is 0.391 e. The quantitative estimate of drug-likeness (QED) is 0.351. The molecule has 5 rings (SSSR count). The average molecular weight is 536 g/mol. The summed E-state index contributed by atoms with van der Waals surface area (Å²) < 4.78 is 16.7. The predicted molar refractivity (Wildman–Crippen MR) is 137 cm³/mol. The second-order valence-electron chi connectivity index (χ2n) is 9.59. The molecule has 1 aromatic carbocycles. The fourth-order valence-electron chi connectivity index (χ4n) is 5.23. The Balaban J connectivity index is 1.53. The van der Waals surface area contributed by atoms with Crippen molar-refractivity contribution in [2.75, 3.05) is 10.6 Å². The van der Waals surface area contributed by atoms with Gasteiger partial charge in [0.2, 0.25) is 17.8 Å². The van der Waals surface area contributed by atoms with E-state index in [-0.39, 0.29) is 39.6 Å². The highest BCUT2D eigenvalue weighted by atomic mass is 35.5. The van der Waals surface area contributed by atoms with Crippen molar-refractivity contribution in [3.63, 3.8) is 0 Å². The molecule has 36 heavy (non-hydrogen) atoms. The summed E-state index contributed by atoms with van der Waals surface area (Å²) in [5.41, 5.74) is 6.67. The minimum Gasteiger partial charge on any atom is -0.391 e. The number of hydrogen-bond donors (Lipinski definition) is 4. The van der Waals surface area contributed by atoms with Crippen LogP contribution in [0.4, 0.5) is 22.0 Å². The number of fused-ring (bicyclic) bond motifs is 1. The van der Waals surface area contributed by atoms with Gasteiger partial charge in [0.05, 0.1) is 29.1 Å². The van der Waals surface area contributed by atoms with Gasteiger partial charge in [0.25, 0.3) is 0 Å². The van der Waals surface area contributed by atoms with Crippen LogP contribution in [0.3, 0.4) is 0 Å². The van der Waals surface area contributed by atoms with Crippen LogP contribution in [0, 0.1) is 11.7 Å². The summed E-state index contributed by atoms with van der Waals surface area (Å²) in [5, 5.41) is 17.0. The Kier molecular flexibility index (Phi) is 7.18. The van der Waals surface area contributed by atoms with Crippen LogP contribution >= 0.6 is 23.2 Å². The number of benzene rings is 1. The summed E-state index contributed by atoms with van der Waals surface area (Å²) in [4.78, 5) is 25.5. The number of anilines is 3. The van der Waals surface area contributed by atoms with Crippen molar-refractivity contribution in [1.82, 2.24) is 19.5 Å². The number of nitrogens with two attached hydrogens (primary N) is 1. The van der Waals surface area contributed by atoms with Gasteiger partial charge in [-0.2, -0.15) is 4.98 Å². The molecule has 5 N–H and O–H groups in total. The molecule has 0 bridgehead atoms. The Hall–Kier alpha value is -2.69. The first-order valence-electron chi connectivity index (χ1n) is 12.2. The average Bonchev–Trinajstić information content (AvgIpc) is 3.20. The second kappa shape index (κ2) is 10.4. The number of aliphatic hydroxyl groups is 1. The van der Waals surface area contributed by atoms with E-state index < -0.39 is 11.9 Å². The van der Waals surface area contributed by atoms with Gasteiger partial charge in [-0.3, -0.25) is 9.36 Å². The molecule has 1 amide bonds. The molecule has 2 fully saturated rings. The lowest BCUT2D eigenvalue weighted by Gasteiger charge is -2.29. The summed E-state index contributed by atoms with van der Waals surface area (Å²) in [6.45, 7) is 0. The van der Waals surface area contributed by atoms with Crippen LogP contribution < -0.4 is 16.4 Å². The molecule has 0 unspecified atom stereocenters. The van der Waals surface area contributed by atoms with Gasteiger partial charge in [-0.15, -0.1) is 0 Å². The topological polar surface area (TPSA) is 131 Å². The highest BCUT2D eigenvalue weighted by Gasteiger charge is 2.30. The van der Waals surface area contributed by atoms with Crippen LogP contribution in [0.25, 0.3) is 11.2 Å². The first-order valence-corrected chi connectivity index (χ1v) is 13.0. The molecule has 2 saturated carbocycles. The molecule has 2 aromatic heterocycles. The van der Waals surface area contributed by atoms with E-state index in [1.165, 1.54) is 12.1 Å². The van der Waals surface area contributed by atoms with Crippen molar-refractivity contribution in [3.05, 3.63) is 34.2 Å². The lowest BCUT2D eigenvalue weighted by molar-refractivity contribution is -0.122. The number of halogens is 3. The lowest BCUT2D eigenvalue weighted by atomic mass is 9.85. The molecule has 0 aliphatic heterocycles. The van der Waals surface area contributed by atoms with Gasteiger partial charge in [-0.25, -0.2) is 14.4 Å². The zero-order valence-electron chi connectivity index (χ0n) is 19.6. The molecular formula is C24H28Cl2FN7O2. The maximum Gasteiger partial charge on any atom is 0.225 e. The van der Waals surface area contributed by atoms with Crippen LogP contribution in [-0.4, -0.2) is 42.7 Å². The standard InChI is InChI=1S/C24H28Cl2FN7O2/c25-13-9-15(26)20(16(27)10-13)32-24-31-18-11-29-23(30-17-3-1-2-4-19(17)35)33-22(18)34(24)14-7-5-12(6-8-14)21(28)36/h9-12,14,17,19,35H,1-8H2,(H2,28,36)(H,31,32)(H,29,30,33)/t12?,14?,17-,19+/m0/s1. The predicted octanol–water partition coefficient (Wildman–Crippen LogP) is 4.95.